The van der Waals surface area contributed by atoms with Gasteiger partial charge in [0.2, 0.25) is 10.0 Å². The van der Waals surface area contributed by atoms with Gasteiger partial charge in [-0.1, -0.05) is 11.2 Å². The molecule has 0 aliphatic rings. The number of sulfonamides is 1. The van der Waals surface area contributed by atoms with Crippen LogP contribution in [-0.2, 0) is 16.6 Å². The summed E-state index contributed by atoms with van der Waals surface area (Å²) >= 11 is 0. The third-order valence-corrected chi connectivity index (χ3v) is 7.12. The first-order chi connectivity index (χ1) is 15.0. The van der Waals surface area contributed by atoms with Crippen molar-refractivity contribution >= 4 is 21.6 Å². The molecule has 1 heterocycles. The van der Waals surface area contributed by atoms with Gasteiger partial charge < -0.3 is 14.6 Å². The fourth-order valence-corrected chi connectivity index (χ4v) is 4.12. The average molecular weight is 458 g/mol. The fourth-order valence-electron chi connectivity index (χ4n) is 3.10. The third-order valence-electron chi connectivity index (χ3n) is 5.33. The largest absolute Gasteiger partial charge is 0.489 e. The molecule has 0 atom stereocenters. The van der Waals surface area contributed by atoms with Crippen molar-refractivity contribution in [3.8, 4) is 5.75 Å². The highest BCUT2D eigenvalue weighted by atomic mass is 32.2. The molecule has 0 spiro atoms. The average Bonchev–Trinajstić information content (AvgIpc) is 3.07. The SMILES string of the molecule is Cc1cc(S(=O)(=O)N(C)C)cc(NC(=O)c2cccc(OCc3c(C)noc3C)c2)c1C. The van der Waals surface area contributed by atoms with Gasteiger partial charge in [0, 0.05) is 25.3 Å². The van der Waals surface area contributed by atoms with Gasteiger partial charge >= 0.3 is 0 Å². The summed E-state index contributed by atoms with van der Waals surface area (Å²) in [6.07, 6.45) is 0. The van der Waals surface area contributed by atoms with E-state index in [1.807, 2.05) is 27.7 Å². The third kappa shape index (κ3) is 4.84. The van der Waals surface area contributed by atoms with Crippen LogP contribution in [0.15, 0.2) is 45.8 Å². The second-order valence-electron chi connectivity index (χ2n) is 7.77. The number of ether oxygens (including phenoxy) is 1. The van der Waals surface area contributed by atoms with E-state index in [0.717, 1.165) is 26.7 Å². The summed E-state index contributed by atoms with van der Waals surface area (Å²) in [6.45, 7) is 7.57. The molecule has 0 aliphatic carbocycles. The minimum atomic E-state index is -3.63. The van der Waals surface area contributed by atoms with Crippen LogP contribution in [0.1, 0.15) is 38.5 Å². The number of rotatable bonds is 7. The first kappa shape index (κ1) is 23.5. The second-order valence-corrected chi connectivity index (χ2v) is 9.93. The topological polar surface area (TPSA) is 102 Å². The van der Waals surface area contributed by atoms with Crippen molar-refractivity contribution in [3.63, 3.8) is 0 Å². The van der Waals surface area contributed by atoms with Crippen LogP contribution in [-0.4, -0.2) is 37.9 Å². The lowest BCUT2D eigenvalue weighted by Gasteiger charge is -2.16. The van der Waals surface area contributed by atoms with Gasteiger partial charge in [-0.15, -0.1) is 0 Å². The van der Waals surface area contributed by atoms with Crippen molar-refractivity contribution < 1.29 is 22.5 Å². The molecule has 0 saturated heterocycles. The molecular formula is C23H27N3O5S. The number of hydrogen-bond acceptors (Lipinski definition) is 6. The number of nitrogens with zero attached hydrogens (tertiary/aromatic N) is 2. The zero-order valence-corrected chi connectivity index (χ0v) is 19.8. The quantitative estimate of drug-likeness (QED) is 0.576. The highest BCUT2D eigenvalue weighted by Crippen LogP contribution is 2.26. The Morgan fingerprint density at radius 2 is 1.84 bits per heavy atom. The molecule has 0 radical (unpaired) electrons. The summed E-state index contributed by atoms with van der Waals surface area (Å²) in [5, 5.41) is 6.74. The highest BCUT2D eigenvalue weighted by Gasteiger charge is 2.20. The predicted octanol–water partition coefficient (Wildman–Crippen LogP) is 3.99. The van der Waals surface area contributed by atoms with E-state index >= 15 is 0 Å². The van der Waals surface area contributed by atoms with E-state index in [4.69, 9.17) is 9.26 Å². The molecule has 32 heavy (non-hydrogen) atoms. The maximum atomic E-state index is 12.9. The van der Waals surface area contributed by atoms with Gasteiger partial charge in [-0.3, -0.25) is 4.79 Å². The van der Waals surface area contributed by atoms with E-state index in [2.05, 4.69) is 10.5 Å². The van der Waals surface area contributed by atoms with Gasteiger partial charge in [-0.2, -0.15) is 0 Å². The van der Waals surface area contributed by atoms with Crippen LogP contribution in [0.25, 0.3) is 0 Å². The molecule has 1 aromatic heterocycles. The van der Waals surface area contributed by atoms with E-state index in [1.165, 1.54) is 20.2 Å². The maximum absolute atomic E-state index is 12.9. The fraction of sp³-hybridized carbons (Fsp3) is 0.304. The van der Waals surface area contributed by atoms with Crippen molar-refractivity contribution in [1.29, 1.82) is 0 Å². The number of amides is 1. The van der Waals surface area contributed by atoms with E-state index in [0.29, 0.717) is 22.8 Å². The minimum Gasteiger partial charge on any atom is -0.489 e. The number of carbonyl (C=O) groups excluding carboxylic acids is 1. The summed E-state index contributed by atoms with van der Waals surface area (Å²) in [4.78, 5) is 13.0. The maximum Gasteiger partial charge on any atom is 0.255 e. The number of aromatic nitrogens is 1. The van der Waals surface area contributed by atoms with Crippen molar-refractivity contribution in [2.75, 3.05) is 19.4 Å². The number of nitrogens with one attached hydrogen (secondary N) is 1. The standard InChI is InChI=1S/C23H27N3O5S/c1-14-10-20(32(28,29)26(5)6)12-22(15(14)2)24-23(27)18-8-7-9-19(11-18)30-13-21-16(3)25-31-17(21)4/h7-12H,13H2,1-6H3,(H,24,27). The van der Waals surface area contributed by atoms with Crippen LogP contribution in [0.4, 0.5) is 5.69 Å². The number of hydrogen-bond donors (Lipinski definition) is 1. The number of aryl methyl sites for hydroxylation is 3. The Bertz CT molecular complexity index is 1240. The Morgan fingerprint density at radius 3 is 2.47 bits per heavy atom. The molecule has 170 valence electrons. The summed E-state index contributed by atoms with van der Waals surface area (Å²) in [6, 6.07) is 9.87. The Balaban J connectivity index is 1.82. The van der Waals surface area contributed by atoms with Crippen LogP contribution < -0.4 is 10.1 Å². The van der Waals surface area contributed by atoms with Crippen LogP contribution in [0.5, 0.6) is 5.75 Å². The number of benzene rings is 2. The Hall–Kier alpha value is -3.17. The lowest BCUT2D eigenvalue weighted by molar-refractivity contribution is 0.102. The first-order valence-corrected chi connectivity index (χ1v) is 11.4. The van der Waals surface area contributed by atoms with E-state index < -0.39 is 10.0 Å². The van der Waals surface area contributed by atoms with Gasteiger partial charge in [0.05, 0.1) is 16.2 Å². The zero-order valence-electron chi connectivity index (χ0n) is 19.0. The van der Waals surface area contributed by atoms with E-state index in [1.54, 1.807) is 30.3 Å². The van der Waals surface area contributed by atoms with Crippen molar-refractivity contribution in [2.45, 2.75) is 39.2 Å². The molecule has 1 N–H and O–H groups in total. The molecule has 8 nitrogen and oxygen atoms in total. The Labute approximate surface area is 188 Å². The van der Waals surface area contributed by atoms with Crippen LogP contribution in [0, 0.1) is 27.7 Å². The van der Waals surface area contributed by atoms with Gasteiger partial charge in [0.25, 0.3) is 5.91 Å². The van der Waals surface area contributed by atoms with Gasteiger partial charge in [0.15, 0.2) is 0 Å². The molecular weight excluding hydrogens is 430 g/mol. The second kappa shape index (κ2) is 9.13. The summed E-state index contributed by atoms with van der Waals surface area (Å²) in [7, 11) is -0.694. The Morgan fingerprint density at radius 1 is 1.12 bits per heavy atom. The first-order valence-electron chi connectivity index (χ1n) is 10.0. The normalized spacial score (nSPS) is 11.6. The lowest BCUT2D eigenvalue weighted by Crippen LogP contribution is -2.23. The molecule has 3 rings (SSSR count). The van der Waals surface area contributed by atoms with Crippen LogP contribution >= 0.6 is 0 Å². The molecule has 9 heteroatoms. The summed E-state index contributed by atoms with van der Waals surface area (Å²) < 4.78 is 37.2. The smallest absolute Gasteiger partial charge is 0.255 e. The highest BCUT2D eigenvalue weighted by molar-refractivity contribution is 7.89. The van der Waals surface area contributed by atoms with Gasteiger partial charge in [-0.25, -0.2) is 12.7 Å². The van der Waals surface area contributed by atoms with E-state index in [-0.39, 0.29) is 17.4 Å². The Kier molecular flexibility index (Phi) is 6.71. The van der Waals surface area contributed by atoms with Gasteiger partial charge in [-0.05, 0) is 69.2 Å². The molecule has 0 aliphatic heterocycles. The minimum absolute atomic E-state index is 0.123. The van der Waals surface area contributed by atoms with Crippen molar-refractivity contribution in [2.24, 2.45) is 0 Å². The van der Waals surface area contributed by atoms with Crippen LogP contribution in [0.2, 0.25) is 0 Å². The predicted molar refractivity (Wildman–Crippen MR) is 121 cm³/mol. The molecule has 2 aromatic carbocycles. The number of carbonyl (C=O) groups is 1. The van der Waals surface area contributed by atoms with Crippen molar-refractivity contribution in [1.82, 2.24) is 9.46 Å². The molecule has 0 bridgehead atoms. The molecule has 0 unspecified atom stereocenters. The monoisotopic (exact) mass is 457 g/mol. The molecule has 0 saturated carbocycles. The molecule has 0 fully saturated rings. The molecule has 3 aromatic rings. The van der Waals surface area contributed by atoms with Gasteiger partial charge in [0.1, 0.15) is 18.1 Å². The lowest BCUT2D eigenvalue weighted by atomic mass is 10.1. The summed E-state index contributed by atoms with van der Waals surface area (Å²) in [5.41, 5.74) is 4.01. The van der Waals surface area contributed by atoms with E-state index in [9.17, 15) is 13.2 Å². The number of anilines is 1. The molecule has 1 amide bonds. The summed E-state index contributed by atoms with van der Waals surface area (Å²) in [5.74, 6) is 0.846. The van der Waals surface area contributed by atoms with Crippen molar-refractivity contribution in [3.05, 3.63) is 70.1 Å². The van der Waals surface area contributed by atoms with Crippen LogP contribution in [0.3, 0.4) is 0 Å². The zero-order chi connectivity index (χ0) is 23.6.